The van der Waals surface area contributed by atoms with Gasteiger partial charge in [-0.15, -0.1) is 0 Å². The predicted octanol–water partition coefficient (Wildman–Crippen LogP) is 2.07. The Hall–Kier alpha value is -2.87. The number of piperazine rings is 1. The zero-order valence-electron chi connectivity index (χ0n) is 16.5. The molecule has 1 saturated heterocycles. The summed E-state index contributed by atoms with van der Waals surface area (Å²) < 4.78 is 10.9. The van der Waals surface area contributed by atoms with Gasteiger partial charge >= 0.3 is 0 Å². The standard InChI is InChI=1S/C20H25N5O3/c1-14(16-4-5-18-19(10-16)28-13-27-18)24-6-8-25(9-7-24)20-21-11-17(12-22-20)23(3)15(2)26/h4-5,10-12,14H,6-9,13H2,1-3H3/t14-/m0/s1. The molecule has 1 aromatic heterocycles. The molecule has 0 bridgehead atoms. The number of benzene rings is 1. The molecule has 2 aliphatic rings. The first-order valence-corrected chi connectivity index (χ1v) is 9.48. The van der Waals surface area contributed by atoms with Gasteiger partial charge in [0.05, 0.1) is 18.1 Å². The average Bonchev–Trinajstić information content (AvgIpc) is 3.21. The molecule has 0 saturated carbocycles. The van der Waals surface area contributed by atoms with E-state index >= 15 is 0 Å². The van der Waals surface area contributed by atoms with Gasteiger partial charge in [0.2, 0.25) is 18.6 Å². The number of carbonyl (C=O) groups excluding carboxylic acids is 1. The number of ether oxygens (including phenoxy) is 2. The van der Waals surface area contributed by atoms with Crippen molar-refractivity contribution in [1.29, 1.82) is 0 Å². The number of hydrogen-bond acceptors (Lipinski definition) is 7. The lowest BCUT2D eigenvalue weighted by molar-refractivity contribution is -0.116. The highest BCUT2D eigenvalue weighted by molar-refractivity contribution is 5.90. The van der Waals surface area contributed by atoms with Crippen molar-refractivity contribution in [2.24, 2.45) is 0 Å². The number of anilines is 2. The van der Waals surface area contributed by atoms with Gasteiger partial charge in [0.25, 0.3) is 0 Å². The Morgan fingerprint density at radius 3 is 2.46 bits per heavy atom. The molecule has 3 heterocycles. The molecule has 0 radical (unpaired) electrons. The maximum Gasteiger partial charge on any atom is 0.231 e. The van der Waals surface area contributed by atoms with Gasteiger partial charge in [-0.1, -0.05) is 6.07 Å². The Labute approximate surface area is 164 Å². The average molecular weight is 383 g/mol. The number of rotatable bonds is 4. The quantitative estimate of drug-likeness (QED) is 0.800. The van der Waals surface area contributed by atoms with E-state index in [9.17, 15) is 4.79 Å². The van der Waals surface area contributed by atoms with E-state index in [0.29, 0.717) is 24.5 Å². The lowest BCUT2D eigenvalue weighted by Gasteiger charge is -2.38. The second-order valence-corrected chi connectivity index (χ2v) is 7.13. The van der Waals surface area contributed by atoms with Crippen molar-refractivity contribution < 1.29 is 14.3 Å². The van der Waals surface area contributed by atoms with Crippen LogP contribution in [-0.4, -0.2) is 60.8 Å². The molecule has 1 atom stereocenters. The van der Waals surface area contributed by atoms with Crippen LogP contribution in [0.2, 0.25) is 0 Å². The zero-order chi connectivity index (χ0) is 19.7. The van der Waals surface area contributed by atoms with E-state index in [0.717, 1.165) is 37.7 Å². The van der Waals surface area contributed by atoms with Gasteiger partial charge in [0.15, 0.2) is 11.5 Å². The van der Waals surface area contributed by atoms with E-state index in [2.05, 4.69) is 38.8 Å². The number of fused-ring (bicyclic) bond motifs is 1. The monoisotopic (exact) mass is 383 g/mol. The smallest absolute Gasteiger partial charge is 0.231 e. The van der Waals surface area contributed by atoms with Crippen LogP contribution in [0, 0.1) is 0 Å². The van der Waals surface area contributed by atoms with Crippen LogP contribution in [0.3, 0.4) is 0 Å². The lowest BCUT2D eigenvalue weighted by atomic mass is 10.1. The maximum absolute atomic E-state index is 11.4. The molecule has 0 N–H and O–H groups in total. The summed E-state index contributed by atoms with van der Waals surface area (Å²) in [5.41, 5.74) is 1.93. The summed E-state index contributed by atoms with van der Waals surface area (Å²) in [7, 11) is 1.72. The van der Waals surface area contributed by atoms with Crippen LogP contribution < -0.4 is 19.3 Å². The molecular formula is C20H25N5O3. The molecule has 0 unspecified atom stereocenters. The van der Waals surface area contributed by atoms with Gasteiger partial charge in [-0.05, 0) is 24.6 Å². The van der Waals surface area contributed by atoms with E-state index in [1.54, 1.807) is 19.4 Å². The predicted molar refractivity (Wildman–Crippen MR) is 106 cm³/mol. The normalized spacial score (nSPS) is 17.5. The van der Waals surface area contributed by atoms with Gasteiger partial charge in [0.1, 0.15) is 0 Å². The largest absolute Gasteiger partial charge is 0.454 e. The fraction of sp³-hybridized carbons (Fsp3) is 0.450. The van der Waals surface area contributed by atoms with Crippen molar-refractivity contribution in [2.75, 3.05) is 49.8 Å². The van der Waals surface area contributed by atoms with Crippen LogP contribution in [0.15, 0.2) is 30.6 Å². The topological polar surface area (TPSA) is 71.0 Å². The molecule has 28 heavy (non-hydrogen) atoms. The summed E-state index contributed by atoms with van der Waals surface area (Å²) in [5.74, 6) is 2.31. The van der Waals surface area contributed by atoms with Gasteiger partial charge in [-0.2, -0.15) is 0 Å². The molecule has 148 valence electrons. The Balaban J connectivity index is 1.37. The molecule has 0 aliphatic carbocycles. The second-order valence-electron chi connectivity index (χ2n) is 7.13. The Kier molecular flexibility index (Phi) is 5.04. The van der Waals surface area contributed by atoms with Crippen LogP contribution in [0.4, 0.5) is 11.6 Å². The minimum absolute atomic E-state index is 0.0394. The van der Waals surface area contributed by atoms with E-state index in [1.807, 2.05) is 6.07 Å². The van der Waals surface area contributed by atoms with Crippen molar-refractivity contribution in [3.63, 3.8) is 0 Å². The first-order chi connectivity index (χ1) is 13.5. The van der Waals surface area contributed by atoms with Crippen molar-refractivity contribution in [3.8, 4) is 11.5 Å². The van der Waals surface area contributed by atoms with Crippen LogP contribution in [0.5, 0.6) is 11.5 Å². The third kappa shape index (κ3) is 3.60. The molecule has 8 heteroatoms. The molecule has 2 aromatic rings. The van der Waals surface area contributed by atoms with Crippen LogP contribution in [0.25, 0.3) is 0 Å². The van der Waals surface area contributed by atoms with Crippen molar-refractivity contribution in [2.45, 2.75) is 19.9 Å². The molecule has 1 aromatic carbocycles. The van der Waals surface area contributed by atoms with Crippen molar-refractivity contribution >= 4 is 17.5 Å². The van der Waals surface area contributed by atoms with Crippen LogP contribution in [0.1, 0.15) is 25.5 Å². The van der Waals surface area contributed by atoms with Gasteiger partial charge in [-0.3, -0.25) is 9.69 Å². The Bertz CT molecular complexity index is 849. The number of amides is 1. The van der Waals surface area contributed by atoms with Crippen LogP contribution >= 0.6 is 0 Å². The van der Waals surface area contributed by atoms with E-state index < -0.39 is 0 Å². The highest BCUT2D eigenvalue weighted by atomic mass is 16.7. The summed E-state index contributed by atoms with van der Waals surface area (Å²) in [6.07, 6.45) is 3.40. The van der Waals surface area contributed by atoms with Crippen molar-refractivity contribution in [1.82, 2.24) is 14.9 Å². The summed E-state index contributed by atoms with van der Waals surface area (Å²) in [4.78, 5) is 26.5. The number of hydrogen-bond donors (Lipinski definition) is 0. The highest BCUT2D eigenvalue weighted by Gasteiger charge is 2.25. The molecule has 1 amide bonds. The molecule has 1 fully saturated rings. The Morgan fingerprint density at radius 2 is 1.79 bits per heavy atom. The maximum atomic E-state index is 11.4. The SMILES string of the molecule is CC(=O)N(C)c1cnc(N2CCN([C@@H](C)c3ccc4c(c3)OCO4)CC2)nc1. The first kappa shape index (κ1) is 18.5. The minimum atomic E-state index is -0.0394. The number of carbonyl (C=O) groups is 1. The summed E-state index contributed by atoms with van der Waals surface area (Å²) in [6, 6.07) is 6.46. The number of nitrogens with zero attached hydrogens (tertiary/aromatic N) is 5. The van der Waals surface area contributed by atoms with E-state index in [4.69, 9.17) is 9.47 Å². The summed E-state index contributed by atoms with van der Waals surface area (Å²) in [5, 5.41) is 0. The Morgan fingerprint density at radius 1 is 1.11 bits per heavy atom. The van der Waals surface area contributed by atoms with Gasteiger partial charge in [0, 0.05) is 46.2 Å². The molecule has 2 aliphatic heterocycles. The van der Waals surface area contributed by atoms with Crippen molar-refractivity contribution in [3.05, 3.63) is 36.2 Å². The zero-order valence-corrected chi connectivity index (χ0v) is 16.5. The fourth-order valence-electron chi connectivity index (χ4n) is 3.53. The lowest BCUT2D eigenvalue weighted by Crippen LogP contribution is -2.47. The first-order valence-electron chi connectivity index (χ1n) is 9.48. The summed E-state index contributed by atoms with van der Waals surface area (Å²) in [6.45, 7) is 7.60. The van der Waals surface area contributed by atoms with E-state index in [1.165, 1.54) is 17.4 Å². The second kappa shape index (κ2) is 7.63. The highest BCUT2D eigenvalue weighted by Crippen LogP contribution is 2.35. The summed E-state index contributed by atoms with van der Waals surface area (Å²) >= 11 is 0. The number of aromatic nitrogens is 2. The fourth-order valence-corrected chi connectivity index (χ4v) is 3.53. The molecule has 0 spiro atoms. The van der Waals surface area contributed by atoms with E-state index in [-0.39, 0.29) is 5.91 Å². The van der Waals surface area contributed by atoms with Gasteiger partial charge in [-0.25, -0.2) is 9.97 Å². The molecular weight excluding hydrogens is 358 g/mol. The van der Waals surface area contributed by atoms with Crippen LogP contribution in [-0.2, 0) is 4.79 Å². The molecule has 4 rings (SSSR count). The molecule has 8 nitrogen and oxygen atoms in total. The third-order valence-electron chi connectivity index (χ3n) is 5.51. The van der Waals surface area contributed by atoms with Gasteiger partial charge < -0.3 is 19.3 Å². The minimum Gasteiger partial charge on any atom is -0.454 e. The third-order valence-corrected chi connectivity index (χ3v) is 5.51.